The summed E-state index contributed by atoms with van der Waals surface area (Å²) in [6.45, 7) is 4.09. The lowest BCUT2D eigenvalue weighted by Gasteiger charge is -2.29. The maximum absolute atomic E-state index is 12.3. The molecule has 3 rings (SSSR count). The van der Waals surface area contributed by atoms with Crippen LogP contribution in [0.2, 0.25) is 0 Å². The fraction of sp³-hybridized carbons (Fsp3) is 0.529. The van der Waals surface area contributed by atoms with Crippen LogP contribution in [0.3, 0.4) is 0 Å². The summed E-state index contributed by atoms with van der Waals surface area (Å²) >= 11 is 1.59. The van der Waals surface area contributed by atoms with Gasteiger partial charge in [-0.1, -0.05) is 25.8 Å². The van der Waals surface area contributed by atoms with Crippen molar-refractivity contribution in [1.29, 1.82) is 0 Å². The summed E-state index contributed by atoms with van der Waals surface area (Å²) in [5.74, 6) is 1.96. The van der Waals surface area contributed by atoms with Crippen molar-refractivity contribution in [3.05, 3.63) is 29.0 Å². The van der Waals surface area contributed by atoms with E-state index >= 15 is 0 Å². The highest BCUT2D eigenvalue weighted by molar-refractivity contribution is 7.13. The largest absolute Gasteiger partial charge is 0.440 e. The van der Waals surface area contributed by atoms with E-state index in [-0.39, 0.29) is 5.91 Å². The Morgan fingerprint density at radius 1 is 1.45 bits per heavy atom. The molecule has 1 aliphatic rings. The molecule has 22 heavy (non-hydrogen) atoms. The predicted molar refractivity (Wildman–Crippen MR) is 87.8 cm³/mol. The van der Waals surface area contributed by atoms with E-state index in [2.05, 4.69) is 17.2 Å². The van der Waals surface area contributed by atoms with Crippen LogP contribution in [0.25, 0.3) is 10.8 Å². The Kier molecular flexibility index (Phi) is 4.62. The molecule has 0 aromatic carbocycles. The third-order valence-corrected chi connectivity index (χ3v) is 5.27. The molecule has 0 spiro atoms. The van der Waals surface area contributed by atoms with Gasteiger partial charge in [0.1, 0.15) is 5.76 Å². The van der Waals surface area contributed by atoms with Crippen LogP contribution in [-0.2, 0) is 11.2 Å². The molecular weight excluding hydrogens is 296 g/mol. The van der Waals surface area contributed by atoms with Crippen LogP contribution < -0.4 is 5.32 Å². The van der Waals surface area contributed by atoms with Gasteiger partial charge in [0.05, 0.1) is 17.0 Å². The van der Waals surface area contributed by atoms with E-state index in [0.717, 1.165) is 22.8 Å². The van der Waals surface area contributed by atoms with Crippen LogP contribution >= 0.6 is 11.3 Å². The maximum Gasteiger partial charge on any atom is 0.236 e. The van der Waals surface area contributed by atoms with E-state index in [1.807, 2.05) is 24.4 Å². The molecule has 118 valence electrons. The number of hydrogen-bond acceptors (Lipinski definition) is 4. The summed E-state index contributed by atoms with van der Waals surface area (Å²) in [7, 11) is 0. The Bertz CT molecular complexity index is 633. The fourth-order valence-corrected chi connectivity index (χ4v) is 3.69. The van der Waals surface area contributed by atoms with Gasteiger partial charge in [-0.05, 0) is 37.1 Å². The van der Waals surface area contributed by atoms with Crippen molar-refractivity contribution in [3.63, 3.8) is 0 Å². The maximum atomic E-state index is 12.3. The molecule has 2 aromatic rings. The zero-order valence-corrected chi connectivity index (χ0v) is 13.9. The lowest BCUT2D eigenvalue weighted by Crippen LogP contribution is -2.41. The average molecular weight is 318 g/mol. The van der Waals surface area contributed by atoms with E-state index in [0.29, 0.717) is 24.3 Å². The van der Waals surface area contributed by atoms with E-state index in [9.17, 15) is 4.79 Å². The van der Waals surface area contributed by atoms with Gasteiger partial charge in [-0.2, -0.15) is 0 Å². The monoisotopic (exact) mass is 318 g/mol. The van der Waals surface area contributed by atoms with Crippen molar-refractivity contribution in [2.45, 2.75) is 52.0 Å². The number of carbonyl (C=O) groups excluding carboxylic acids is 1. The van der Waals surface area contributed by atoms with Gasteiger partial charge in [-0.25, -0.2) is 4.98 Å². The summed E-state index contributed by atoms with van der Waals surface area (Å²) in [6.07, 6.45) is 5.08. The van der Waals surface area contributed by atoms with Crippen molar-refractivity contribution in [2.75, 3.05) is 0 Å². The molecule has 2 heterocycles. The van der Waals surface area contributed by atoms with Crippen molar-refractivity contribution >= 4 is 17.2 Å². The first-order chi connectivity index (χ1) is 10.6. The molecule has 1 N–H and O–H groups in total. The van der Waals surface area contributed by atoms with E-state index < -0.39 is 0 Å². The number of nitrogens with zero attached hydrogens (tertiary/aromatic N) is 1. The molecular formula is C17H22N2O2S. The quantitative estimate of drug-likeness (QED) is 0.928. The molecule has 1 amide bonds. The zero-order chi connectivity index (χ0) is 15.5. The Morgan fingerprint density at radius 3 is 3.00 bits per heavy atom. The molecule has 2 atom stereocenters. The number of aryl methyl sites for hydroxylation is 1. The molecule has 1 saturated carbocycles. The van der Waals surface area contributed by atoms with Crippen molar-refractivity contribution in [1.82, 2.24) is 10.3 Å². The van der Waals surface area contributed by atoms with Gasteiger partial charge in [-0.15, -0.1) is 11.3 Å². The van der Waals surface area contributed by atoms with Gasteiger partial charge in [0.25, 0.3) is 0 Å². The van der Waals surface area contributed by atoms with Gasteiger partial charge < -0.3 is 9.73 Å². The van der Waals surface area contributed by atoms with Gasteiger partial charge in [0.15, 0.2) is 0 Å². The number of amides is 1. The van der Waals surface area contributed by atoms with Gasteiger partial charge in [0.2, 0.25) is 11.8 Å². The highest BCUT2D eigenvalue weighted by atomic mass is 32.1. The number of aromatic nitrogens is 1. The Balaban J connectivity index is 1.64. The normalized spacial score (nSPS) is 21.7. The lowest BCUT2D eigenvalue weighted by molar-refractivity contribution is -0.121. The molecule has 4 nitrogen and oxygen atoms in total. The van der Waals surface area contributed by atoms with Gasteiger partial charge in [0, 0.05) is 6.04 Å². The third-order valence-electron chi connectivity index (χ3n) is 4.41. The molecule has 2 aromatic heterocycles. The van der Waals surface area contributed by atoms with Gasteiger partial charge >= 0.3 is 0 Å². The molecule has 0 aliphatic heterocycles. The molecule has 1 fully saturated rings. The number of carbonyl (C=O) groups is 1. The van der Waals surface area contributed by atoms with Crippen LogP contribution in [0.4, 0.5) is 0 Å². The second-order valence-electron chi connectivity index (χ2n) is 6.11. The summed E-state index contributed by atoms with van der Waals surface area (Å²) in [6, 6.07) is 4.25. The Labute approximate surface area is 134 Å². The minimum atomic E-state index is 0.0490. The standard InChI is InChI=1S/C17H22N2O2S/c1-11-6-3-4-7-13(11)18-16(20)10-14-12(2)21-17(19-14)15-8-5-9-22-15/h5,8-9,11,13H,3-4,6-7,10H2,1-2H3,(H,18,20). The third kappa shape index (κ3) is 3.40. The van der Waals surface area contributed by atoms with Crippen LogP contribution in [0.1, 0.15) is 44.1 Å². The van der Waals surface area contributed by atoms with Crippen LogP contribution in [0, 0.1) is 12.8 Å². The number of thiophene rings is 1. The highest BCUT2D eigenvalue weighted by Crippen LogP contribution is 2.26. The number of rotatable bonds is 4. The van der Waals surface area contributed by atoms with Crippen LogP contribution in [0.5, 0.6) is 0 Å². The summed E-state index contributed by atoms with van der Waals surface area (Å²) in [4.78, 5) is 17.8. The first-order valence-electron chi connectivity index (χ1n) is 7.93. The number of hydrogen-bond donors (Lipinski definition) is 1. The zero-order valence-electron chi connectivity index (χ0n) is 13.1. The minimum Gasteiger partial charge on any atom is -0.440 e. The topological polar surface area (TPSA) is 55.1 Å². The van der Waals surface area contributed by atoms with E-state index in [1.165, 1.54) is 19.3 Å². The van der Waals surface area contributed by atoms with E-state index in [4.69, 9.17) is 4.42 Å². The highest BCUT2D eigenvalue weighted by Gasteiger charge is 2.23. The summed E-state index contributed by atoms with van der Waals surface area (Å²) < 4.78 is 5.69. The second-order valence-corrected chi connectivity index (χ2v) is 7.06. The second kappa shape index (κ2) is 6.65. The molecule has 2 unspecified atom stereocenters. The lowest BCUT2D eigenvalue weighted by atomic mass is 9.86. The summed E-state index contributed by atoms with van der Waals surface area (Å²) in [5, 5.41) is 5.16. The minimum absolute atomic E-state index is 0.0490. The van der Waals surface area contributed by atoms with Crippen molar-refractivity contribution in [2.24, 2.45) is 5.92 Å². The predicted octanol–water partition coefficient (Wildman–Crippen LogP) is 3.95. The Morgan fingerprint density at radius 2 is 2.27 bits per heavy atom. The first kappa shape index (κ1) is 15.3. The van der Waals surface area contributed by atoms with Crippen molar-refractivity contribution < 1.29 is 9.21 Å². The van der Waals surface area contributed by atoms with Crippen LogP contribution in [-0.4, -0.2) is 16.9 Å². The fourth-order valence-electron chi connectivity index (χ4n) is 3.04. The van der Waals surface area contributed by atoms with Gasteiger partial charge in [-0.3, -0.25) is 4.79 Å². The average Bonchev–Trinajstić information content (AvgIpc) is 3.12. The SMILES string of the molecule is Cc1oc(-c2cccs2)nc1CC(=O)NC1CCCCC1C. The van der Waals surface area contributed by atoms with Crippen LogP contribution in [0.15, 0.2) is 21.9 Å². The molecule has 5 heteroatoms. The molecule has 0 bridgehead atoms. The first-order valence-corrected chi connectivity index (χ1v) is 8.81. The number of oxazole rings is 1. The summed E-state index contributed by atoms with van der Waals surface area (Å²) in [5.41, 5.74) is 0.740. The van der Waals surface area contributed by atoms with E-state index in [1.54, 1.807) is 11.3 Å². The molecule has 0 radical (unpaired) electrons. The Hall–Kier alpha value is -1.62. The molecule has 0 saturated heterocycles. The molecule has 1 aliphatic carbocycles. The number of nitrogens with one attached hydrogen (secondary N) is 1. The smallest absolute Gasteiger partial charge is 0.236 e. The van der Waals surface area contributed by atoms with Crippen molar-refractivity contribution in [3.8, 4) is 10.8 Å².